The molecule has 4 aromatic heterocycles. The molecule has 196 valence electrons. The monoisotopic (exact) mass is 527 g/mol. The van der Waals surface area contributed by atoms with Crippen molar-refractivity contribution in [3.05, 3.63) is 81.9 Å². The van der Waals surface area contributed by atoms with E-state index in [-0.39, 0.29) is 10.9 Å². The van der Waals surface area contributed by atoms with Crippen molar-refractivity contribution >= 4 is 44.8 Å². The summed E-state index contributed by atoms with van der Waals surface area (Å²) >= 11 is 0. The average molecular weight is 528 g/mol. The fourth-order valence-corrected chi connectivity index (χ4v) is 6.14. The third-order valence-corrected chi connectivity index (χ3v) is 8.00. The van der Waals surface area contributed by atoms with Gasteiger partial charge in [-0.1, -0.05) is 17.7 Å². The van der Waals surface area contributed by atoms with Crippen LogP contribution in [-0.2, 0) is 0 Å². The number of carbonyl (C=O) groups is 1. The normalized spacial score (nSPS) is 16.8. The summed E-state index contributed by atoms with van der Waals surface area (Å²) < 4.78 is 31.6. The minimum absolute atomic E-state index is 0.107. The van der Waals surface area contributed by atoms with Crippen molar-refractivity contribution in [3.63, 3.8) is 0 Å². The van der Waals surface area contributed by atoms with E-state index in [4.69, 9.17) is 0 Å². The topological polar surface area (TPSA) is 103 Å². The first-order valence-corrected chi connectivity index (χ1v) is 12.7. The summed E-state index contributed by atoms with van der Waals surface area (Å²) in [4.78, 5) is 34.5. The molecule has 5 aromatic rings. The lowest BCUT2D eigenvalue weighted by Gasteiger charge is -2.24. The largest absolute Gasteiger partial charge is 0.477 e. The molecule has 0 bridgehead atoms. The highest BCUT2D eigenvalue weighted by molar-refractivity contribution is 6.18. The first kappa shape index (κ1) is 23.4. The molecule has 39 heavy (non-hydrogen) atoms. The smallest absolute Gasteiger partial charge is 0.341 e. The van der Waals surface area contributed by atoms with Gasteiger partial charge in [0.05, 0.1) is 27.7 Å². The SMILES string of the molecule is CNc1cc(F)c(F)c2c1[nH]c1ncc(-c3ccc4ccc(C(=O)O)c(=O)n4c3)c(N3CC4=CCCC4C3)c12. The van der Waals surface area contributed by atoms with Gasteiger partial charge in [-0.2, -0.15) is 0 Å². The van der Waals surface area contributed by atoms with E-state index in [1.54, 1.807) is 31.6 Å². The van der Waals surface area contributed by atoms with Crippen LogP contribution in [0.15, 0.2) is 59.2 Å². The number of halogens is 2. The number of aromatic carboxylic acids is 1. The maximum Gasteiger partial charge on any atom is 0.341 e. The Morgan fingerprint density at radius 1 is 1.21 bits per heavy atom. The molecule has 0 spiro atoms. The van der Waals surface area contributed by atoms with Crippen LogP contribution in [0.2, 0.25) is 0 Å². The number of rotatable bonds is 4. The van der Waals surface area contributed by atoms with Crippen LogP contribution in [0.25, 0.3) is 38.6 Å². The number of aromatic amines is 1. The van der Waals surface area contributed by atoms with Crippen molar-refractivity contribution in [2.45, 2.75) is 12.8 Å². The highest BCUT2D eigenvalue weighted by Gasteiger charge is 2.34. The van der Waals surface area contributed by atoms with E-state index in [0.29, 0.717) is 57.0 Å². The van der Waals surface area contributed by atoms with Crippen LogP contribution in [0.3, 0.4) is 0 Å². The van der Waals surface area contributed by atoms with Gasteiger partial charge in [0.1, 0.15) is 11.2 Å². The summed E-state index contributed by atoms with van der Waals surface area (Å²) in [5.41, 5.74) is 4.03. The Balaban J connectivity index is 1.56. The molecule has 1 fully saturated rings. The van der Waals surface area contributed by atoms with Crippen LogP contribution in [0.4, 0.5) is 20.2 Å². The van der Waals surface area contributed by atoms with Gasteiger partial charge in [0.2, 0.25) is 0 Å². The second-order valence-electron chi connectivity index (χ2n) is 10.1. The zero-order valence-electron chi connectivity index (χ0n) is 20.9. The summed E-state index contributed by atoms with van der Waals surface area (Å²) in [5.74, 6) is -2.85. The summed E-state index contributed by atoms with van der Waals surface area (Å²) in [6.07, 6.45) is 7.57. The third-order valence-electron chi connectivity index (χ3n) is 8.00. The molecule has 1 saturated heterocycles. The van der Waals surface area contributed by atoms with Gasteiger partial charge in [-0.15, -0.1) is 0 Å². The molecule has 0 saturated carbocycles. The molecule has 3 N–H and O–H groups in total. The number of H-pyrrole nitrogens is 1. The Morgan fingerprint density at radius 2 is 2.03 bits per heavy atom. The number of aromatic nitrogens is 3. The van der Waals surface area contributed by atoms with Crippen LogP contribution in [0.5, 0.6) is 0 Å². The van der Waals surface area contributed by atoms with E-state index in [9.17, 15) is 19.1 Å². The Kier molecular flexibility index (Phi) is 5.03. The van der Waals surface area contributed by atoms with Gasteiger partial charge in [0.25, 0.3) is 5.56 Å². The minimum Gasteiger partial charge on any atom is -0.477 e. The van der Waals surface area contributed by atoms with Crippen LogP contribution >= 0.6 is 0 Å². The maximum atomic E-state index is 15.5. The average Bonchev–Trinajstić information content (AvgIpc) is 3.64. The predicted molar refractivity (Wildman–Crippen MR) is 146 cm³/mol. The van der Waals surface area contributed by atoms with E-state index < -0.39 is 23.2 Å². The van der Waals surface area contributed by atoms with Crippen LogP contribution < -0.4 is 15.8 Å². The summed E-state index contributed by atoms with van der Waals surface area (Å²) in [7, 11) is 1.64. The number of nitrogens with zero attached hydrogens (tertiary/aromatic N) is 3. The number of carboxylic acid groups (broad SMARTS) is 1. The van der Waals surface area contributed by atoms with Crippen molar-refractivity contribution in [1.82, 2.24) is 14.4 Å². The zero-order chi connectivity index (χ0) is 27.0. The van der Waals surface area contributed by atoms with Crippen LogP contribution in [-0.4, -0.2) is 45.6 Å². The van der Waals surface area contributed by atoms with Gasteiger partial charge in [0, 0.05) is 55.2 Å². The number of fused-ring (bicyclic) bond motifs is 5. The van der Waals surface area contributed by atoms with E-state index in [1.165, 1.54) is 16.0 Å². The van der Waals surface area contributed by atoms with Crippen molar-refractivity contribution in [2.75, 3.05) is 30.4 Å². The summed E-state index contributed by atoms with van der Waals surface area (Å²) in [5, 5.41) is 13.0. The van der Waals surface area contributed by atoms with E-state index in [1.807, 2.05) is 6.07 Å². The summed E-state index contributed by atoms with van der Waals surface area (Å²) in [6.45, 7) is 1.37. The van der Waals surface area contributed by atoms with Gasteiger partial charge in [-0.3, -0.25) is 9.20 Å². The molecule has 1 unspecified atom stereocenters. The van der Waals surface area contributed by atoms with E-state index in [0.717, 1.165) is 25.5 Å². The predicted octanol–water partition coefficient (Wildman–Crippen LogP) is 5.17. The fourth-order valence-electron chi connectivity index (χ4n) is 6.14. The highest BCUT2D eigenvalue weighted by Crippen LogP contribution is 2.46. The standard InChI is InChI=1S/C29H23F2N5O3/c1-32-21-9-20(30)24(31)22-23-26(35-11-14-3-2-4-15(14)12-35)19(10-33-27(23)34-25(21)22)16-5-6-17-7-8-18(29(38)39)28(37)36(17)13-16/h3,5-10,13,15,32H,2,4,11-12H2,1H3,(H,33,34)(H,38,39). The van der Waals surface area contributed by atoms with Crippen molar-refractivity contribution in [3.8, 4) is 11.1 Å². The molecule has 2 aliphatic rings. The first-order valence-electron chi connectivity index (χ1n) is 12.7. The number of carboxylic acids is 1. The minimum atomic E-state index is -1.31. The maximum absolute atomic E-state index is 15.5. The molecular formula is C29H23F2N5O3. The van der Waals surface area contributed by atoms with Crippen molar-refractivity contribution in [2.24, 2.45) is 5.92 Å². The molecule has 1 aliphatic heterocycles. The molecule has 8 nitrogen and oxygen atoms in total. The fraction of sp³-hybridized carbons (Fsp3) is 0.207. The number of pyridine rings is 3. The number of benzene rings is 1. The first-order chi connectivity index (χ1) is 18.9. The van der Waals surface area contributed by atoms with Gasteiger partial charge in [0.15, 0.2) is 11.6 Å². The highest BCUT2D eigenvalue weighted by atomic mass is 19.2. The molecule has 1 aromatic carbocycles. The van der Waals surface area contributed by atoms with Crippen LogP contribution in [0, 0.1) is 17.6 Å². The van der Waals surface area contributed by atoms with Gasteiger partial charge in [-0.05, 0) is 37.0 Å². The molecule has 10 heteroatoms. The molecule has 1 aliphatic carbocycles. The third kappa shape index (κ3) is 3.37. The van der Waals surface area contributed by atoms with Crippen molar-refractivity contribution in [1.29, 1.82) is 0 Å². The molecule has 0 radical (unpaired) electrons. The Labute approximate surface area is 220 Å². The van der Waals surface area contributed by atoms with Gasteiger partial charge in [-0.25, -0.2) is 18.6 Å². The second kappa shape index (κ2) is 8.39. The number of nitrogens with one attached hydrogen (secondary N) is 2. The van der Waals surface area contributed by atoms with Gasteiger partial charge < -0.3 is 20.3 Å². The molecule has 1 atom stereocenters. The lowest BCUT2D eigenvalue weighted by Crippen LogP contribution is -2.22. The Bertz CT molecular complexity index is 1960. The number of allylic oxidation sites excluding steroid dienone is 1. The zero-order valence-corrected chi connectivity index (χ0v) is 20.9. The number of hydrogen-bond donors (Lipinski definition) is 3. The lowest BCUT2D eigenvalue weighted by atomic mass is 10.0. The molecule has 5 heterocycles. The number of hydrogen-bond acceptors (Lipinski definition) is 5. The second-order valence-corrected chi connectivity index (χ2v) is 10.1. The molecule has 0 amide bonds. The quantitative estimate of drug-likeness (QED) is 0.279. The van der Waals surface area contributed by atoms with E-state index >= 15 is 4.39 Å². The van der Waals surface area contributed by atoms with E-state index in [2.05, 4.69) is 26.3 Å². The number of anilines is 2. The Hall–Kier alpha value is -4.73. The molecular weight excluding hydrogens is 504 g/mol. The summed E-state index contributed by atoms with van der Waals surface area (Å²) in [6, 6.07) is 7.53. The Morgan fingerprint density at radius 3 is 2.79 bits per heavy atom. The van der Waals surface area contributed by atoms with Gasteiger partial charge >= 0.3 is 5.97 Å². The lowest BCUT2D eigenvalue weighted by molar-refractivity contribution is 0.0694. The van der Waals surface area contributed by atoms with Crippen LogP contribution in [0.1, 0.15) is 23.2 Å². The van der Waals surface area contributed by atoms with Crippen molar-refractivity contribution < 1.29 is 18.7 Å². The molecule has 7 rings (SSSR count).